The largest absolute Gasteiger partial charge is 0.273 e. The molecule has 28 heavy (non-hydrogen) atoms. The maximum atomic E-state index is 14.3. The van der Waals surface area contributed by atoms with Gasteiger partial charge in [-0.3, -0.25) is 10.2 Å². The minimum Gasteiger partial charge on any atom is -0.273 e. The maximum absolute atomic E-state index is 14.3. The molecule has 1 amide bonds. The summed E-state index contributed by atoms with van der Waals surface area (Å²) in [6.45, 7) is 1.60. The van der Waals surface area contributed by atoms with Crippen molar-refractivity contribution >= 4 is 27.5 Å². The van der Waals surface area contributed by atoms with Crippen LogP contribution in [0.15, 0.2) is 71.6 Å². The summed E-state index contributed by atoms with van der Waals surface area (Å²) in [7, 11) is -4.12. The Morgan fingerprint density at radius 3 is 2.29 bits per heavy atom. The van der Waals surface area contributed by atoms with E-state index in [1.165, 1.54) is 24.3 Å². The molecule has 0 radical (unpaired) electrons. The van der Waals surface area contributed by atoms with Crippen LogP contribution in [0.3, 0.4) is 0 Å². The van der Waals surface area contributed by atoms with Gasteiger partial charge >= 0.3 is 0 Å². The number of nitrogens with one attached hydrogen (secondary N) is 2. The van der Waals surface area contributed by atoms with Gasteiger partial charge in [0.2, 0.25) is 0 Å². The topological polar surface area (TPSA) is 75.3 Å². The molecule has 3 aromatic rings. The van der Waals surface area contributed by atoms with Gasteiger partial charge in [-0.15, -0.1) is 4.83 Å². The molecule has 0 saturated carbocycles. The van der Waals surface area contributed by atoms with Crippen LogP contribution < -0.4 is 10.3 Å². The van der Waals surface area contributed by atoms with Crippen molar-refractivity contribution < 1.29 is 17.6 Å². The standard InChI is InChI=1S/C20H16ClFN2O3S/c1-13-15(14-7-3-2-4-8-14)11-12-17(22)19(13)20(25)23-24-28(26,27)18-10-6-5-9-16(18)21/h2-12,24H,1H3,(H,23,25). The van der Waals surface area contributed by atoms with Gasteiger partial charge in [0.25, 0.3) is 15.9 Å². The van der Waals surface area contributed by atoms with E-state index >= 15 is 0 Å². The third kappa shape index (κ3) is 4.06. The average molecular weight is 419 g/mol. The highest BCUT2D eigenvalue weighted by molar-refractivity contribution is 7.89. The van der Waals surface area contributed by atoms with E-state index in [4.69, 9.17) is 11.6 Å². The Morgan fingerprint density at radius 1 is 0.964 bits per heavy atom. The first kappa shape index (κ1) is 20.0. The van der Waals surface area contributed by atoms with Crippen molar-refractivity contribution in [1.29, 1.82) is 0 Å². The lowest BCUT2D eigenvalue weighted by molar-refractivity contribution is 0.0940. The molecule has 144 valence electrons. The second-order valence-electron chi connectivity index (χ2n) is 5.95. The summed E-state index contributed by atoms with van der Waals surface area (Å²) in [5.41, 5.74) is 3.67. The molecule has 2 N–H and O–H groups in total. The SMILES string of the molecule is Cc1c(-c2ccccc2)ccc(F)c1C(=O)NNS(=O)(=O)c1ccccc1Cl. The molecule has 8 heteroatoms. The highest BCUT2D eigenvalue weighted by atomic mass is 35.5. The third-order valence-corrected chi connectivity index (χ3v) is 5.90. The number of benzene rings is 3. The summed E-state index contributed by atoms with van der Waals surface area (Å²) in [5, 5.41) is -0.00214. The molecule has 0 fully saturated rings. The fourth-order valence-corrected chi connectivity index (χ4v) is 4.14. The molecule has 0 aliphatic carbocycles. The van der Waals surface area contributed by atoms with Gasteiger partial charge in [0, 0.05) is 0 Å². The van der Waals surface area contributed by atoms with E-state index in [9.17, 15) is 17.6 Å². The summed E-state index contributed by atoms with van der Waals surface area (Å²) in [5.74, 6) is -1.67. The van der Waals surface area contributed by atoms with Crippen molar-refractivity contribution in [2.75, 3.05) is 0 Å². The minimum absolute atomic E-state index is 0.00214. The van der Waals surface area contributed by atoms with Gasteiger partial charge < -0.3 is 0 Å². The molecule has 0 saturated heterocycles. The highest BCUT2D eigenvalue weighted by Crippen LogP contribution is 2.27. The molecule has 0 bridgehead atoms. The quantitative estimate of drug-likeness (QED) is 0.613. The van der Waals surface area contributed by atoms with Crippen LogP contribution >= 0.6 is 11.6 Å². The number of halogens is 2. The summed E-state index contributed by atoms with van der Waals surface area (Å²) in [6, 6.07) is 17.7. The van der Waals surface area contributed by atoms with E-state index in [2.05, 4.69) is 0 Å². The molecule has 0 aliphatic rings. The first-order valence-electron chi connectivity index (χ1n) is 8.22. The predicted molar refractivity (Wildman–Crippen MR) is 106 cm³/mol. The van der Waals surface area contributed by atoms with Crippen LogP contribution in [0.4, 0.5) is 4.39 Å². The zero-order valence-corrected chi connectivity index (χ0v) is 16.3. The Hall–Kier alpha value is -2.74. The van der Waals surface area contributed by atoms with E-state index in [0.29, 0.717) is 11.1 Å². The second-order valence-corrected chi connectivity index (χ2v) is 8.01. The Kier molecular flexibility index (Phi) is 5.79. The van der Waals surface area contributed by atoms with Crippen molar-refractivity contribution in [1.82, 2.24) is 10.3 Å². The average Bonchev–Trinajstić information content (AvgIpc) is 2.67. The monoisotopic (exact) mass is 418 g/mol. The van der Waals surface area contributed by atoms with Gasteiger partial charge in [-0.2, -0.15) is 0 Å². The molecule has 0 unspecified atom stereocenters. The van der Waals surface area contributed by atoms with Crippen molar-refractivity contribution in [3.05, 3.63) is 88.7 Å². The second kappa shape index (κ2) is 8.10. The van der Waals surface area contributed by atoms with Crippen LogP contribution in [0.25, 0.3) is 11.1 Å². The number of hydrogen-bond acceptors (Lipinski definition) is 3. The Morgan fingerprint density at radius 2 is 1.61 bits per heavy atom. The van der Waals surface area contributed by atoms with Gasteiger partial charge in [-0.25, -0.2) is 12.8 Å². The summed E-state index contributed by atoms with van der Waals surface area (Å²) >= 11 is 5.89. The normalized spacial score (nSPS) is 11.2. The minimum atomic E-state index is -4.12. The Labute approximate surface area is 167 Å². The number of carbonyl (C=O) groups is 1. The summed E-state index contributed by atoms with van der Waals surface area (Å²) < 4.78 is 39.0. The van der Waals surface area contributed by atoms with Crippen LogP contribution in [-0.2, 0) is 10.0 Å². The van der Waals surface area contributed by atoms with E-state index in [0.717, 1.165) is 5.56 Å². The molecule has 0 aliphatic heterocycles. The Balaban J connectivity index is 1.88. The van der Waals surface area contributed by atoms with Crippen molar-refractivity contribution in [3.8, 4) is 11.1 Å². The number of hydrazine groups is 1. The van der Waals surface area contributed by atoms with E-state index in [-0.39, 0.29) is 15.5 Å². The van der Waals surface area contributed by atoms with E-state index in [1.54, 1.807) is 19.1 Å². The van der Waals surface area contributed by atoms with Crippen molar-refractivity contribution in [2.24, 2.45) is 0 Å². The predicted octanol–water partition coefficient (Wildman–Crippen LogP) is 4.08. The molecule has 0 spiro atoms. The highest BCUT2D eigenvalue weighted by Gasteiger charge is 2.22. The lowest BCUT2D eigenvalue weighted by atomic mass is 9.96. The lowest BCUT2D eigenvalue weighted by Crippen LogP contribution is -2.42. The van der Waals surface area contributed by atoms with E-state index < -0.39 is 21.7 Å². The van der Waals surface area contributed by atoms with Gasteiger partial charge in [0.15, 0.2) is 0 Å². The molecule has 0 atom stereocenters. The lowest BCUT2D eigenvalue weighted by Gasteiger charge is -2.14. The molecular weight excluding hydrogens is 403 g/mol. The third-order valence-electron chi connectivity index (χ3n) is 4.15. The van der Waals surface area contributed by atoms with Gasteiger partial charge in [0.05, 0.1) is 10.6 Å². The number of hydrogen-bond donors (Lipinski definition) is 2. The first-order chi connectivity index (χ1) is 13.3. The van der Waals surface area contributed by atoms with Crippen LogP contribution in [0.5, 0.6) is 0 Å². The fraction of sp³-hybridized carbons (Fsp3) is 0.0500. The van der Waals surface area contributed by atoms with Crippen molar-refractivity contribution in [2.45, 2.75) is 11.8 Å². The Bertz CT molecular complexity index is 1140. The van der Waals surface area contributed by atoms with Gasteiger partial charge in [-0.1, -0.05) is 60.1 Å². The zero-order valence-electron chi connectivity index (χ0n) is 14.7. The molecule has 0 aromatic heterocycles. The number of amides is 1. The maximum Gasteiger partial charge on any atom is 0.269 e. The molecule has 0 heterocycles. The van der Waals surface area contributed by atoms with Crippen molar-refractivity contribution in [3.63, 3.8) is 0 Å². The fourth-order valence-electron chi connectivity index (χ4n) is 2.78. The first-order valence-corrected chi connectivity index (χ1v) is 10.1. The zero-order chi connectivity index (χ0) is 20.3. The summed E-state index contributed by atoms with van der Waals surface area (Å²) in [4.78, 5) is 14.3. The number of carbonyl (C=O) groups excluding carboxylic acids is 1. The van der Waals surface area contributed by atoms with Crippen LogP contribution in [0.1, 0.15) is 15.9 Å². The van der Waals surface area contributed by atoms with Crippen LogP contribution in [-0.4, -0.2) is 14.3 Å². The van der Waals surface area contributed by atoms with E-state index in [1.807, 2.05) is 40.6 Å². The van der Waals surface area contributed by atoms with Crippen LogP contribution in [0.2, 0.25) is 5.02 Å². The van der Waals surface area contributed by atoms with Gasteiger partial charge in [0.1, 0.15) is 10.7 Å². The summed E-state index contributed by atoms with van der Waals surface area (Å²) in [6.07, 6.45) is 0. The number of rotatable bonds is 5. The molecule has 3 aromatic carbocycles. The number of sulfonamides is 1. The van der Waals surface area contributed by atoms with Crippen LogP contribution in [0, 0.1) is 12.7 Å². The van der Waals surface area contributed by atoms with Gasteiger partial charge in [-0.05, 0) is 41.8 Å². The molecular formula is C20H16ClFN2O3S. The molecule has 3 rings (SSSR count). The molecule has 5 nitrogen and oxygen atoms in total. The smallest absolute Gasteiger partial charge is 0.269 e.